The molecule has 0 aromatic carbocycles. The van der Waals surface area contributed by atoms with Crippen LogP contribution in [0.3, 0.4) is 0 Å². The van der Waals surface area contributed by atoms with Gasteiger partial charge in [-0.3, -0.25) is 19.2 Å². The standard InChI is InChI=1S/C58H96N6O20/c1-28(2)20-42(66)80-48-35(9)47(30(4)27-76-56-51(74-16)50(73-15)44(67)38(12)79-56)82-54(71)37(11)49(81-43-21-31(5)64(14)26-33(7)77-43)34(8)46(83-55-45(68)39(63-75-17)22-32(6)78-55)29(3)23-58(13,52(69)36(48)10)84-57(72)60-19-18-59-53(70)40-24-62-41(65)25-61-40/h24-25,28-38,43-51,55-56,67-68H,18-23,26-27H2,1-17H3,(H,59,70)(H,60,72)(H,62,65)/t29-,30-,31+,32+,33?,34+,35-,36+,37+,38+,43-,44+,45+,46-,47?,48+,49-,50+,51+,55-,56+,58-/m0/s1. The Bertz CT molecular complexity index is 2320. The molecule has 4 fully saturated rings. The van der Waals surface area contributed by atoms with Crippen molar-refractivity contribution in [1.82, 2.24) is 25.5 Å². The van der Waals surface area contributed by atoms with Gasteiger partial charge >= 0.3 is 18.0 Å². The third-order valence-electron chi connectivity index (χ3n) is 16.5. The first-order chi connectivity index (χ1) is 39.5. The van der Waals surface area contributed by atoms with E-state index < -0.39 is 151 Å². The minimum absolute atomic E-state index is 0.0210. The molecule has 26 nitrogen and oxygen atoms in total. The van der Waals surface area contributed by atoms with Gasteiger partial charge in [0.15, 0.2) is 30.3 Å². The third kappa shape index (κ3) is 18.4. The van der Waals surface area contributed by atoms with E-state index in [-0.39, 0.29) is 74.3 Å². The van der Waals surface area contributed by atoms with Crippen molar-refractivity contribution in [3.63, 3.8) is 0 Å². The second-order valence-corrected chi connectivity index (χ2v) is 24.1. The number of carbonyl (C=O) groups is 5. The number of nitrogens with one attached hydrogen (secondary N) is 2. The fourth-order valence-corrected chi connectivity index (χ4v) is 11.9. The fraction of sp³-hybridized carbons (Fsp3) is 0.828. The van der Waals surface area contributed by atoms with Crippen LogP contribution in [0.4, 0.5) is 4.79 Å². The first-order valence-corrected chi connectivity index (χ1v) is 29.3. The van der Waals surface area contributed by atoms with Crippen LogP contribution in [-0.2, 0) is 71.3 Å². The highest BCUT2D eigenvalue weighted by Crippen LogP contribution is 2.40. The molecule has 4 aliphatic rings. The number of rotatable bonds is 19. The molecule has 22 atom stereocenters. The normalized spacial score (nSPS) is 37.7. The number of cyclic esters (lactones) is 1. The minimum atomic E-state index is -2.07. The number of methoxy groups -OCH3 is 2. The molecule has 26 heteroatoms. The van der Waals surface area contributed by atoms with E-state index in [0.717, 1.165) is 12.4 Å². The zero-order valence-electron chi connectivity index (χ0n) is 52.1. The number of esters is 2. The van der Waals surface area contributed by atoms with Gasteiger partial charge in [-0.05, 0) is 66.8 Å². The van der Waals surface area contributed by atoms with Crippen LogP contribution < -0.4 is 10.6 Å². The molecule has 0 saturated carbocycles. The van der Waals surface area contributed by atoms with E-state index in [9.17, 15) is 29.7 Å². The lowest BCUT2D eigenvalue weighted by Gasteiger charge is -2.45. The molecule has 0 radical (unpaired) electrons. The van der Waals surface area contributed by atoms with Gasteiger partial charge in [0, 0.05) is 76.9 Å². The van der Waals surface area contributed by atoms with Crippen LogP contribution in [0.25, 0.3) is 0 Å². The van der Waals surface area contributed by atoms with E-state index in [2.05, 4.69) is 30.7 Å². The van der Waals surface area contributed by atoms with Gasteiger partial charge in [0.2, 0.25) is 5.88 Å². The Morgan fingerprint density at radius 1 is 0.821 bits per heavy atom. The number of aromatic hydroxyl groups is 1. The van der Waals surface area contributed by atoms with Crippen molar-refractivity contribution < 1.29 is 96.2 Å². The Hall–Kier alpha value is -4.74. The number of likely N-dealkylation sites (N-methyl/N-ethyl adjacent to an activating group) is 1. The number of hydrogen-bond donors (Lipinski definition) is 5. The van der Waals surface area contributed by atoms with Gasteiger partial charge in [0.05, 0.1) is 67.1 Å². The molecule has 2 amide bonds. The van der Waals surface area contributed by atoms with Gasteiger partial charge in [-0.1, -0.05) is 53.6 Å². The highest BCUT2D eigenvalue weighted by molar-refractivity contribution is 5.92. The van der Waals surface area contributed by atoms with Gasteiger partial charge in [-0.15, -0.1) is 0 Å². The summed E-state index contributed by atoms with van der Waals surface area (Å²) in [6.07, 6.45) is -12.4. The van der Waals surface area contributed by atoms with Gasteiger partial charge in [0.1, 0.15) is 49.4 Å². The fourth-order valence-electron chi connectivity index (χ4n) is 11.9. The zero-order valence-corrected chi connectivity index (χ0v) is 52.1. The van der Waals surface area contributed by atoms with Gasteiger partial charge < -0.3 is 87.8 Å². The molecular formula is C58H96N6O20. The Kier molecular flexibility index (Phi) is 26.5. The van der Waals surface area contributed by atoms with Crippen LogP contribution in [0.15, 0.2) is 17.5 Å². The monoisotopic (exact) mass is 1200 g/mol. The Morgan fingerprint density at radius 3 is 2.13 bits per heavy atom. The van der Waals surface area contributed by atoms with Crippen LogP contribution in [-0.4, -0.2) is 218 Å². The number of aromatic nitrogens is 2. The molecule has 5 heterocycles. The maximum absolute atomic E-state index is 15.9. The minimum Gasteiger partial charge on any atom is -0.492 e. The number of Topliss-reactive ketones (excluding diaryl/α,β-unsaturated/α-hetero) is 1. The van der Waals surface area contributed by atoms with Crippen LogP contribution in [0.5, 0.6) is 5.88 Å². The summed E-state index contributed by atoms with van der Waals surface area (Å²) in [6, 6.07) is -0.0210. The Balaban J connectivity index is 1.67. The molecule has 5 N–H and O–H groups in total. The summed E-state index contributed by atoms with van der Waals surface area (Å²) >= 11 is 0. The molecule has 0 bridgehead atoms. The maximum atomic E-state index is 15.9. The molecule has 0 aliphatic carbocycles. The summed E-state index contributed by atoms with van der Waals surface area (Å²) in [5, 5.41) is 41.6. The summed E-state index contributed by atoms with van der Waals surface area (Å²) < 4.78 is 70.2. The molecule has 4 aliphatic heterocycles. The SMILES string of the molecule is CON=C1C[C@@H](C)O[C@@H](O[C@@H]2[C@@H](C)[C@H](O[C@H]3C[C@@H](C)N(C)CC(C)O3)[C@@H](C)C(=O)OC([C@@H](C)CO[C@@H]3O[C@H](C)[C@@H](O)[C@@H](OC)[C@H]3OC)[C@H](C)[C@@H](OC(=O)CC(C)C)[C@@H](C)C(=O)[C@@](C)(OC(=O)NCCNC(=O)c3cnc(O)cn3)C[C@@H]2C)[C@@H]1O. The summed E-state index contributed by atoms with van der Waals surface area (Å²) in [5.41, 5.74) is -1.91. The number of aliphatic hydroxyl groups is 2. The molecule has 1 aromatic rings. The van der Waals surface area contributed by atoms with Crippen molar-refractivity contribution in [2.75, 3.05) is 54.6 Å². The molecule has 2 unspecified atom stereocenters. The lowest BCUT2D eigenvalue weighted by Crippen LogP contribution is -2.59. The number of carbonyl (C=O) groups excluding carboxylic acids is 5. The highest BCUT2D eigenvalue weighted by Gasteiger charge is 2.53. The van der Waals surface area contributed by atoms with E-state index in [1.807, 2.05) is 41.7 Å². The van der Waals surface area contributed by atoms with Crippen molar-refractivity contribution >= 4 is 35.4 Å². The van der Waals surface area contributed by atoms with Gasteiger partial charge in [0.25, 0.3) is 5.91 Å². The third-order valence-corrected chi connectivity index (χ3v) is 16.5. The average molecular weight is 1200 g/mol. The van der Waals surface area contributed by atoms with E-state index >= 15 is 9.59 Å². The van der Waals surface area contributed by atoms with Crippen molar-refractivity contribution in [3.05, 3.63) is 18.1 Å². The topological polar surface area (TPSA) is 322 Å². The number of amides is 2. The van der Waals surface area contributed by atoms with Crippen LogP contribution >= 0.6 is 0 Å². The Morgan fingerprint density at radius 2 is 1.50 bits per heavy atom. The molecule has 1 aromatic heterocycles. The lowest BCUT2D eigenvalue weighted by atomic mass is 9.74. The van der Waals surface area contributed by atoms with Crippen LogP contribution in [0.1, 0.15) is 126 Å². The largest absolute Gasteiger partial charge is 0.492 e. The first kappa shape index (κ1) is 70.0. The summed E-state index contributed by atoms with van der Waals surface area (Å²) in [4.78, 5) is 87.2. The predicted octanol–water partition coefficient (Wildman–Crippen LogP) is 3.93. The van der Waals surface area contributed by atoms with Crippen molar-refractivity contribution in [1.29, 1.82) is 0 Å². The highest BCUT2D eigenvalue weighted by atomic mass is 16.7. The Labute approximate surface area is 494 Å². The smallest absolute Gasteiger partial charge is 0.408 e. The molecule has 478 valence electrons. The summed E-state index contributed by atoms with van der Waals surface area (Å²) in [5.74, 6) is -8.98. The van der Waals surface area contributed by atoms with Crippen molar-refractivity contribution in [3.8, 4) is 5.88 Å². The lowest BCUT2D eigenvalue weighted by molar-refractivity contribution is -0.305. The molecule has 84 heavy (non-hydrogen) atoms. The number of ether oxygens (including phenoxy) is 11. The number of hydrogen-bond acceptors (Lipinski definition) is 24. The average Bonchev–Trinajstić information content (AvgIpc) is 2.63. The zero-order chi connectivity index (χ0) is 62.5. The molecule has 4 saturated heterocycles. The molecule has 5 rings (SSSR count). The van der Waals surface area contributed by atoms with Crippen LogP contribution in [0.2, 0.25) is 0 Å². The van der Waals surface area contributed by atoms with Crippen molar-refractivity contribution in [2.45, 2.75) is 213 Å². The predicted molar refractivity (Wildman–Crippen MR) is 301 cm³/mol. The second kappa shape index (κ2) is 31.8. The van der Waals surface area contributed by atoms with Gasteiger partial charge in [-0.25, -0.2) is 14.8 Å². The second-order valence-electron chi connectivity index (χ2n) is 24.1. The first-order valence-electron chi connectivity index (χ1n) is 29.3. The van der Waals surface area contributed by atoms with Crippen molar-refractivity contribution in [2.24, 2.45) is 46.6 Å². The van der Waals surface area contributed by atoms with Gasteiger partial charge in [-0.2, -0.15) is 0 Å². The molecule has 0 spiro atoms. The number of nitrogens with zero attached hydrogens (tertiary/aromatic N) is 4. The quantitative estimate of drug-likeness (QED) is 0.0567. The summed E-state index contributed by atoms with van der Waals surface area (Å²) in [6.45, 7) is 23.0. The molecular weight excluding hydrogens is 1100 g/mol. The number of oxime groups is 1. The van der Waals surface area contributed by atoms with E-state index in [4.69, 9.17) is 56.9 Å². The number of alkyl carbamates (subject to hydrolysis) is 1. The maximum Gasteiger partial charge on any atom is 0.408 e. The van der Waals surface area contributed by atoms with E-state index in [1.165, 1.54) is 28.3 Å². The van der Waals surface area contributed by atoms with E-state index in [1.54, 1.807) is 48.5 Å². The van der Waals surface area contributed by atoms with Crippen LogP contribution in [0, 0.1) is 41.4 Å². The summed E-state index contributed by atoms with van der Waals surface area (Å²) in [7, 11) is 6.22. The van der Waals surface area contributed by atoms with E-state index in [0.29, 0.717) is 13.0 Å². The number of aliphatic hydroxyl groups excluding tert-OH is 2. The number of ketones is 1.